The van der Waals surface area contributed by atoms with E-state index in [0.717, 1.165) is 22.7 Å². The van der Waals surface area contributed by atoms with Gasteiger partial charge in [-0.2, -0.15) is 0 Å². The molecule has 0 spiro atoms. The van der Waals surface area contributed by atoms with Crippen molar-refractivity contribution >= 4 is 32.6 Å². The van der Waals surface area contributed by atoms with E-state index in [9.17, 15) is 23.4 Å². The second-order valence-corrected chi connectivity index (χ2v) is 11.4. The Hall–Kier alpha value is -3.86. The lowest BCUT2D eigenvalue weighted by atomic mass is 10.0. The predicted molar refractivity (Wildman–Crippen MR) is 152 cm³/mol. The van der Waals surface area contributed by atoms with Crippen molar-refractivity contribution in [2.45, 2.75) is 32.0 Å². The molecular weight excluding hydrogens is 518 g/mol. The Kier molecular flexibility index (Phi) is 8.90. The number of benzene rings is 3. The number of fused-ring (bicyclic) bond motifs is 1. The van der Waals surface area contributed by atoms with E-state index in [-0.39, 0.29) is 24.9 Å². The molecule has 10 heteroatoms. The molecule has 206 valence electrons. The molecule has 4 aromatic rings. The van der Waals surface area contributed by atoms with Crippen LogP contribution >= 0.6 is 0 Å². The van der Waals surface area contributed by atoms with E-state index >= 15 is 0 Å². The Morgan fingerprint density at radius 1 is 1.03 bits per heavy atom. The molecule has 4 rings (SSSR count). The monoisotopic (exact) mass is 551 g/mol. The molecule has 9 nitrogen and oxygen atoms in total. The summed E-state index contributed by atoms with van der Waals surface area (Å²) in [4.78, 5) is 12.1. The molecule has 0 radical (unpaired) electrons. The van der Waals surface area contributed by atoms with Crippen molar-refractivity contribution in [2.75, 3.05) is 24.1 Å². The molecule has 39 heavy (non-hydrogen) atoms. The molecule has 1 aromatic heterocycles. The number of para-hydroxylation sites is 2. The predicted octanol–water partition coefficient (Wildman–Crippen LogP) is 3.72. The number of nitrogens with zero attached hydrogens (tertiary/aromatic N) is 1. The average molecular weight is 552 g/mol. The fourth-order valence-corrected chi connectivity index (χ4v) is 5.05. The number of aromatic nitrogens is 1. The number of carboxylic acids is 1. The molecule has 4 N–H and O–H groups in total. The Bertz CT molecular complexity index is 1540. The van der Waals surface area contributed by atoms with Crippen LogP contribution in [0.2, 0.25) is 0 Å². The van der Waals surface area contributed by atoms with Crippen LogP contribution in [0.3, 0.4) is 0 Å². The number of carbonyl (C=O) groups is 1. The maximum absolute atomic E-state index is 12.1. The quantitative estimate of drug-likeness (QED) is 0.199. The molecule has 0 aliphatic heterocycles. The highest BCUT2D eigenvalue weighted by Crippen LogP contribution is 2.26. The van der Waals surface area contributed by atoms with Crippen LogP contribution in [0.5, 0.6) is 5.75 Å². The third kappa shape index (κ3) is 7.82. The largest absolute Gasteiger partial charge is 0.491 e. The molecular formula is C29H33N3O6S. The molecule has 0 aliphatic rings. The Morgan fingerprint density at radius 3 is 2.46 bits per heavy atom. The number of ether oxygens (including phenoxy) is 1. The van der Waals surface area contributed by atoms with Crippen molar-refractivity contribution in [3.05, 3.63) is 95.7 Å². The fourth-order valence-electron chi connectivity index (χ4n) is 4.45. The van der Waals surface area contributed by atoms with Crippen molar-refractivity contribution < 1.29 is 28.2 Å². The number of anilines is 1. The van der Waals surface area contributed by atoms with Gasteiger partial charge < -0.3 is 24.8 Å². The lowest BCUT2D eigenvalue weighted by molar-refractivity contribution is 0.0686. The minimum absolute atomic E-state index is 0.0591. The van der Waals surface area contributed by atoms with Gasteiger partial charge in [-0.15, -0.1) is 0 Å². The standard InChI is InChI=1S/C29H33N3O6S/c1-20(30-17-24(33)19-38-25-9-4-3-5-10-25)14-21-12-13-27-23(15-21)16-28(29(34)35)32(27)18-22-8-6-7-11-26(22)31-39(2,36)37/h3-13,15-16,20,24,30-31,33H,14,17-19H2,1-2H3,(H,34,35). The van der Waals surface area contributed by atoms with E-state index < -0.39 is 22.1 Å². The second-order valence-electron chi connectivity index (χ2n) is 9.64. The first-order valence-electron chi connectivity index (χ1n) is 12.6. The summed E-state index contributed by atoms with van der Waals surface area (Å²) in [6.07, 6.45) is 1.09. The first-order chi connectivity index (χ1) is 18.6. The number of carboxylic acid groups (broad SMARTS) is 1. The van der Waals surface area contributed by atoms with Gasteiger partial charge in [-0.1, -0.05) is 42.5 Å². The summed E-state index contributed by atoms with van der Waals surface area (Å²) in [5.41, 5.74) is 2.93. The Morgan fingerprint density at radius 2 is 1.74 bits per heavy atom. The molecule has 0 fully saturated rings. The molecule has 0 saturated heterocycles. The molecule has 2 atom stereocenters. The zero-order valence-electron chi connectivity index (χ0n) is 21.9. The normalized spacial score (nSPS) is 13.2. The fraction of sp³-hybridized carbons (Fsp3) is 0.276. The van der Waals surface area contributed by atoms with Crippen LogP contribution in [0.25, 0.3) is 10.9 Å². The number of aromatic carboxylic acids is 1. The van der Waals surface area contributed by atoms with Crippen LogP contribution < -0.4 is 14.8 Å². The minimum Gasteiger partial charge on any atom is -0.491 e. The SMILES string of the molecule is CC(Cc1ccc2c(c1)cc(C(=O)O)n2Cc1ccccc1NS(C)(=O)=O)NCC(O)COc1ccccc1. The molecule has 0 aliphatic carbocycles. The summed E-state index contributed by atoms with van der Waals surface area (Å²) in [6, 6.07) is 23.8. The molecule has 2 unspecified atom stereocenters. The third-order valence-electron chi connectivity index (χ3n) is 6.26. The molecule has 3 aromatic carbocycles. The van der Waals surface area contributed by atoms with E-state index in [0.29, 0.717) is 30.0 Å². The van der Waals surface area contributed by atoms with Gasteiger partial charge in [-0.05, 0) is 60.9 Å². The van der Waals surface area contributed by atoms with Crippen LogP contribution in [0.1, 0.15) is 28.5 Å². The van der Waals surface area contributed by atoms with E-state index in [2.05, 4.69) is 10.0 Å². The molecule has 0 bridgehead atoms. The van der Waals surface area contributed by atoms with Gasteiger partial charge in [0.25, 0.3) is 0 Å². The van der Waals surface area contributed by atoms with Crippen molar-refractivity contribution in [1.29, 1.82) is 0 Å². The first kappa shape index (κ1) is 28.2. The summed E-state index contributed by atoms with van der Waals surface area (Å²) in [6.45, 7) is 2.76. The number of sulfonamides is 1. The van der Waals surface area contributed by atoms with Gasteiger partial charge in [0.15, 0.2) is 0 Å². The van der Waals surface area contributed by atoms with Gasteiger partial charge in [0, 0.05) is 23.5 Å². The van der Waals surface area contributed by atoms with Gasteiger partial charge in [-0.25, -0.2) is 13.2 Å². The van der Waals surface area contributed by atoms with E-state index in [1.165, 1.54) is 0 Å². The zero-order chi connectivity index (χ0) is 28.0. The summed E-state index contributed by atoms with van der Waals surface area (Å²) in [5, 5.41) is 24.3. The second kappa shape index (κ2) is 12.3. The summed E-state index contributed by atoms with van der Waals surface area (Å²) >= 11 is 0. The Balaban J connectivity index is 1.44. The number of aliphatic hydroxyl groups excluding tert-OH is 1. The van der Waals surface area contributed by atoms with Gasteiger partial charge in [0.05, 0.1) is 18.5 Å². The maximum atomic E-state index is 12.1. The minimum atomic E-state index is -3.50. The highest BCUT2D eigenvalue weighted by Gasteiger charge is 2.18. The molecule has 0 saturated carbocycles. The number of hydrogen-bond acceptors (Lipinski definition) is 6. The van der Waals surface area contributed by atoms with E-state index in [1.54, 1.807) is 34.9 Å². The molecule has 0 amide bonds. The maximum Gasteiger partial charge on any atom is 0.352 e. The zero-order valence-corrected chi connectivity index (χ0v) is 22.7. The van der Waals surface area contributed by atoms with Gasteiger partial charge in [0.1, 0.15) is 24.2 Å². The Labute approximate surface area is 228 Å². The van der Waals surface area contributed by atoms with Gasteiger partial charge in [0.2, 0.25) is 10.0 Å². The first-order valence-corrected chi connectivity index (χ1v) is 14.5. The molecule has 1 heterocycles. The number of nitrogens with one attached hydrogen (secondary N) is 2. The van der Waals surface area contributed by atoms with Crippen molar-refractivity contribution in [2.24, 2.45) is 0 Å². The van der Waals surface area contributed by atoms with Crippen LogP contribution in [0, 0.1) is 0 Å². The average Bonchev–Trinajstić information content (AvgIpc) is 3.25. The highest BCUT2D eigenvalue weighted by atomic mass is 32.2. The smallest absolute Gasteiger partial charge is 0.352 e. The van der Waals surface area contributed by atoms with Gasteiger partial charge in [-0.3, -0.25) is 4.72 Å². The van der Waals surface area contributed by atoms with Crippen molar-refractivity contribution in [1.82, 2.24) is 9.88 Å². The van der Waals surface area contributed by atoms with Crippen molar-refractivity contribution in [3.8, 4) is 5.75 Å². The number of hydrogen-bond donors (Lipinski definition) is 4. The number of rotatable bonds is 13. The summed E-state index contributed by atoms with van der Waals surface area (Å²) in [7, 11) is -3.50. The summed E-state index contributed by atoms with van der Waals surface area (Å²) in [5.74, 6) is -0.358. The van der Waals surface area contributed by atoms with Crippen LogP contribution in [0.15, 0.2) is 78.9 Å². The highest BCUT2D eigenvalue weighted by molar-refractivity contribution is 7.92. The third-order valence-corrected chi connectivity index (χ3v) is 6.85. The van der Waals surface area contributed by atoms with E-state index in [1.807, 2.05) is 55.5 Å². The lowest BCUT2D eigenvalue weighted by Gasteiger charge is -2.18. The lowest BCUT2D eigenvalue weighted by Crippen LogP contribution is -2.37. The topological polar surface area (TPSA) is 130 Å². The van der Waals surface area contributed by atoms with Crippen LogP contribution in [0.4, 0.5) is 5.69 Å². The number of aliphatic hydroxyl groups is 1. The van der Waals surface area contributed by atoms with E-state index in [4.69, 9.17) is 4.74 Å². The summed E-state index contributed by atoms with van der Waals surface area (Å²) < 4.78 is 33.4. The van der Waals surface area contributed by atoms with Crippen molar-refractivity contribution in [3.63, 3.8) is 0 Å². The van der Waals surface area contributed by atoms with Crippen LogP contribution in [-0.2, 0) is 23.0 Å². The van der Waals surface area contributed by atoms with Crippen LogP contribution in [-0.4, -0.2) is 60.7 Å². The van der Waals surface area contributed by atoms with Gasteiger partial charge >= 0.3 is 5.97 Å².